The molecule has 0 spiro atoms. The van der Waals surface area contributed by atoms with Gasteiger partial charge in [-0.05, 0) is 31.4 Å². The van der Waals surface area contributed by atoms with Gasteiger partial charge in [0.05, 0.1) is 23.4 Å². The van der Waals surface area contributed by atoms with Crippen LogP contribution in [-0.4, -0.2) is 62.9 Å². The van der Waals surface area contributed by atoms with E-state index in [4.69, 9.17) is 5.11 Å². The maximum atomic E-state index is 14.1. The fourth-order valence-electron chi connectivity index (χ4n) is 4.90. The molecular formula is C25H28F2N6O4S. The summed E-state index contributed by atoms with van der Waals surface area (Å²) >= 11 is 0. The molecule has 1 atom stereocenters. The fraction of sp³-hybridized carbons (Fsp3) is 0.400. The van der Waals surface area contributed by atoms with Crippen LogP contribution in [0.3, 0.4) is 0 Å². The second-order valence-corrected chi connectivity index (χ2v) is 11.6. The number of alkyl halides is 2. The lowest BCUT2D eigenvalue weighted by molar-refractivity contribution is -0.0556. The molecule has 1 saturated heterocycles. The Morgan fingerprint density at radius 1 is 1.21 bits per heavy atom. The minimum atomic E-state index is -3.36. The molecule has 0 aliphatic carbocycles. The van der Waals surface area contributed by atoms with E-state index in [0.29, 0.717) is 53.9 Å². The number of benzene rings is 1. The number of fused-ring (bicyclic) bond motifs is 3. The first-order valence-electron chi connectivity index (χ1n) is 12.2. The summed E-state index contributed by atoms with van der Waals surface area (Å²) in [6.45, 7) is 1.16. The van der Waals surface area contributed by atoms with E-state index >= 15 is 0 Å². The highest BCUT2D eigenvalue weighted by Gasteiger charge is 2.31. The van der Waals surface area contributed by atoms with E-state index in [-0.39, 0.29) is 17.2 Å². The lowest BCUT2D eigenvalue weighted by Crippen LogP contribution is -2.40. The van der Waals surface area contributed by atoms with E-state index in [9.17, 15) is 22.0 Å². The van der Waals surface area contributed by atoms with Crippen LogP contribution in [-0.2, 0) is 15.9 Å². The molecule has 1 unspecified atom stereocenters. The Morgan fingerprint density at radius 2 is 1.95 bits per heavy atom. The van der Waals surface area contributed by atoms with E-state index in [2.05, 4.69) is 15.4 Å². The van der Waals surface area contributed by atoms with Gasteiger partial charge in [-0.3, -0.25) is 4.79 Å². The van der Waals surface area contributed by atoms with Gasteiger partial charge in [-0.15, -0.1) is 0 Å². The number of aliphatic hydroxyl groups is 1. The van der Waals surface area contributed by atoms with E-state index in [1.807, 2.05) is 0 Å². The van der Waals surface area contributed by atoms with Crippen molar-refractivity contribution >= 4 is 32.4 Å². The number of nitrogens with zero attached hydrogens (tertiary/aromatic N) is 5. The first kappa shape index (κ1) is 26.2. The third-order valence-electron chi connectivity index (χ3n) is 7.04. The highest BCUT2D eigenvalue weighted by atomic mass is 32.2. The molecule has 1 aliphatic rings. The van der Waals surface area contributed by atoms with Crippen molar-refractivity contribution in [1.82, 2.24) is 23.5 Å². The molecule has 38 heavy (non-hydrogen) atoms. The Balaban J connectivity index is 1.53. The van der Waals surface area contributed by atoms with Crippen molar-refractivity contribution in [2.75, 3.05) is 31.3 Å². The van der Waals surface area contributed by atoms with Crippen LogP contribution < -0.4 is 10.9 Å². The molecular weight excluding hydrogens is 518 g/mol. The molecule has 1 aromatic carbocycles. The molecule has 0 radical (unpaired) electrons. The molecule has 1 fully saturated rings. The highest BCUT2D eigenvalue weighted by molar-refractivity contribution is 7.88. The second-order valence-electron chi connectivity index (χ2n) is 9.63. The number of sulfonamides is 1. The average Bonchev–Trinajstić information content (AvgIpc) is 3.37. The molecule has 2 N–H and O–H groups in total. The minimum absolute atomic E-state index is 0.194. The Kier molecular flexibility index (Phi) is 6.70. The molecule has 4 aromatic rings. The number of rotatable bonds is 7. The predicted molar refractivity (Wildman–Crippen MR) is 139 cm³/mol. The maximum Gasteiger partial charge on any atom is 0.295 e. The molecule has 202 valence electrons. The van der Waals surface area contributed by atoms with E-state index in [1.165, 1.54) is 34.8 Å². The Bertz CT molecular complexity index is 1660. The number of hydrogen-bond donors (Lipinski definition) is 2. The topological polar surface area (TPSA) is 122 Å². The van der Waals surface area contributed by atoms with Gasteiger partial charge in [-0.1, -0.05) is 18.2 Å². The van der Waals surface area contributed by atoms with Crippen molar-refractivity contribution in [3.05, 3.63) is 70.3 Å². The lowest BCUT2D eigenvalue weighted by atomic mass is 10.0. The summed E-state index contributed by atoms with van der Waals surface area (Å²) in [4.78, 5) is 17.8. The van der Waals surface area contributed by atoms with Crippen LogP contribution in [0.1, 0.15) is 43.0 Å². The first-order valence-corrected chi connectivity index (χ1v) is 14.0. The van der Waals surface area contributed by atoms with E-state index in [1.54, 1.807) is 40.5 Å². The van der Waals surface area contributed by atoms with Gasteiger partial charge in [0.25, 0.3) is 11.5 Å². The first-order chi connectivity index (χ1) is 18.0. The molecule has 0 bridgehead atoms. The van der Waals surface area contributed by atoms with E-state index < -0.39 is 28.6 Å². The summed E-state index contributed by atoms with van der Waals surface area (Å²) in [6, 6.07) is 8.39. The SMILES string of the molecule is CC(Nc1nc2ccnn2c2cc(=O)n(C3CCN(S(C)(=O)=O)CC3)cc12)c1cccc(C(F)(F)CO)c1. The molecule has 13 heteroatoms. The summed E-state index contributed by atoms with van der Waals surface area (Å²) < 4.78 is 56.6. The van der Waals surface area contributed by atoms with Crippen molar-refractivity contribution in [2.24, 2.45) is 0 Å². The van der Waals surface area contributed by atoms with Crippen molar-refractivity contribution < 1.29 is 22.3 Å². The number of aromatic nitrogens is 4. The van der Waals surface area contributed by atoms with Gasteiger partial charge in [-0.2, -0.15) is 13.9 Å². The highest BCUT2D eigenvalue weighted by Crippen LogP contribution is 2.32. The van der Waals surface area contributed by atoms with Crippen LogP contribution in [0, 0.1) is 0 Å². The number of pyridine rings is 1. The number of halogens is 2. The summed E-state index contributed by atoms with van der Waals surface area (Å²) in [5.41, 5.74) is 1.08. The van der Waals surface area contributed by atoms with Gasteiger partial charge in [-0.25, -0.2) is 22.2 Å². The molecule has 0 saturated carbocycles. The molecule has 3 aromatic heterocycles. The van der Waals surface area contributed by atoms with Gasteiger partial charge in [0.2, 0.25) is 10.0 Å². The third kappa shape index (κ3) is 4.88. The summed E-state index contributed by atoms with van der Waals surface area (Å²) in [5.74, 6) is -2.91. The largest absolute Gasteiger partial charge is 0.390 e. The zero-order chi connectivity index (χ0) is 27.2. The summed E-state index contributed by atoms with van der Waals surface area (Å²) in [7, 11) is -3.30. The number of nitrogens with one attached hydrogen (secondary N) is 1. The summed E-state index contributed by atoms with van der Waals surface area (Å²) in [5, 5.41) is 17.3. The monoisotopic (exact) mass is 546 g/mol. The van der Waals surface area contributed by atoms with Crippen LogP contribution in [0.2, 0.25) is 0 Å². The molecule has 0 amide bonds. The lowest BCUT2D eigenvalue weighted by Gasteiger charge is -2.31. The molecule has 5 rings (SSSR count). The quantitative estimate of drug-likeness (QED) is 0.366. The number of anilines is 1. The fourth-order valence-corrected chi connectivity index (χ4v) is 5.77. The Hall–Kier alpha value is -3.42. The zero-order valence-corrected chi connectivity index (χ0v) is 21.7. The molecule has 10 nitrogen and oxygen atoms in total. The number of hydrogen-bond acceptors (Lipinski definition) is 7. The van der Waals surface area contributed by atoms with Gasteiger partial charge >= 0.3 is 0 Å². The molecule has 1 aliphatic heterocycles. The van der Waals surface area contributed by atoms with E-state index in [0.717, 1.165) is 0 Å². The van der Waals surface area contributed by atoms with Crippen LogP contribution in [0.25, 0.3) is 16.6 Å². The second kappa shape index (κ2) is 9.71. The molecule has 4 heterocycles. The smallest absolute Gasteiger partial charge is 0.295 e. The maximum absolute atomic E-state index is 14.1. The Labute approximate surface area is 217 Å². The van der Waals surface area contributed by atoms with Crippen molar-refractivity contribution in [3.8, 4) is 0 Å². The van der Waals surface area contributed by atoms with Gasteiger partial charge in [0, 0.05) is 49.1 Å². The minimum Gasteiger partial charge on any atom is -0.390 e. The number of piperidine rings is 1. The standard InChI is InChI=1S/C25H28F2N6O4S/c1-16(17-4-3-5-18(12-17)25(26,27)15-34)29-24-20-14-32(19-7-10-31(11-8-19)38(2,36)37)23(35)13-21(20)33-22(30-24)6-9-28-33/h3-6,9,12-14,16,19,34H,7-8,10-11,15H2,1-2H3,(H,29,30). The third-order valence-corrected chi connectivity index (χ3v) is 8.34. The Morgan fingerprint density at radius 3 is 2.63 bits per heavy atom. The average molecular weight is 547 g/mol. The zero-order valence-electron chi connectivity index (χ0n) is 20.9. The normalized spacial score (nSPS) is 16.8. The van der Waals surface area contributed by atoms with Crippen molar-refractivity contribution in [1.29, 1.82) is 0 Å². The summed E-state index contributed by atoms with van der Waals surface area (Å²) in [6.07, 6.45) is 5.43. The van der Waals surface area contributed by atoms with Crippen LogP contribution in [0.15, 0.2) is 53.6 Å². The van der Waals surface area contributed by atoms with Crippen LogP contribution >= 0.6 is 0 Å². The van der Waals surface area contributed by atoms with Gasteiger partial charge < -0.3 is 15.0 Å². The predicted octanol–water partition coefficient (Wildman–Crippen LogP) is 2.90. The van der Waals surface area contributed by atoms with Gasteiger partial charge in [0.15, 0.2) is 5.65 Å². The van der Waals surface area contributed by atoms with Gasteiger partial charge in [0.1, 0.15) is 12.4 Å². The van der Waals surface area contributed by atoms with Crippen molar-refractivity contribution in [3.63, 3.8) is 0 Å². The van der Waals surface area contributed by atoms with Crippen molar-refractivity contribution in [2.45, 2.75) is 37.8 Å². The number of aliphatic hydroxyl groups excluding tert-OH is 1. The van der Waals surface area contributed by atoms with Crippen LogP contribution in [0.5, 0.6) is 0 Å². The van der Waals surface area contributed by atoms with Crippen LogP contribution in [0.4, 0.5) is 14.6 Å².